The van der Waals surface area contributed by atoms with Crippen molar-refractivity contribution in [1.29, 1.82) is 0 Å². The molecule has 0 bridgehead atoms. The molecule has 222 valence electrons. The number of aromatic nitrogens is 1. The van der Waals surface area contributed by atoms with Crippen molar-refractivity contribution in [2.75, 3.05) is 0 Å². The monoisotopic (exact) mass is 586 g/mol. The molecule has 45 heavy (non-hydrogen) atoms. The van der Waals surface area contributed by atoms with Gasteiger partial charge in [-0.3, -0.25) is 0 Å². The summed E-state index contributed by atoms with van der Waals surface area (Å²) in [5.74, 6) is 1.60. The molecule has 3 unspecified atom stereocenters. The summed E-state index contributed by atoms with van der Waals surface area (Å²) in [4.78, 5) is 2.83. The van der Waals surface area contributed by atoms with Crippen LogP contribution in [0.3, 0.4) is 0 Å². The second-order valence-electron chi connectivity index (χ2n) is 13.6. The smallest absolute Gasteiger partial charge is 0.134 e. The molecule has 4 aromatic rings. The van der Waals surface area contributed by atoms with Crippen molar-refractivity contribution < 1.29 is 4.42 Å². The maximum atomic E-state index is 6.30. The minimum absolute atomic E-state index is 0.386. The highest BCUT2D eigenvalue weighted by Crippen LogP contribution is 2.48. The number of benzene rings is 2. The fourth-order valence-electron chi connectivity index (χ4n) is 9.21. The van der Waals surface area contributed by atoms with Gasteiger partial charge in [-0.1, -0.05) is 78.9 Å². The van der Waals surface area contributed by atoms with E-state index >= 15 is 0 Å². The summed E-state index contributed by atoms with van der Waals surface area (Å²) < 4.78 is 8.84. The summed E-state index contributed by atoms with van der Waals surface area (Å²) in [5, 5.41) is 2.69. The van der Waals surface area contributed by atoms with Gasteiger partial charge in [-0.05, 0) is 92.4 Å². The van der Waals surface area contributed by atoms with Gasteiger partial charge in [-0.25, -0.2) is 0 Å². The molecule has 3 heteroatoms. The molecule has 0 saturated heterocycles. The number of hydrogen-bond donors (Lipinski definition) is 0. The molecule has 0 radical (unpaired) electrons. The first-order valence-electron chi connectivity index (χ1n) is 17.1. The van der Waals surface area contributed by atoms with Crippen LogP contribution in [0.15, 0.2) is 113 Å². The van der Waals surface area contributed by atoms with Crippen LogP contribution in [0.25, 0.3) is 39.2 Å². The number of furan rings is 1. The standard InChI is InChI=1S/C42H38N2O/c1-2-10-29(11-3-1)43-37-15-7-4-12-31(37)34-24-27(18-21-39(34)43)28-19-22-40-35(25-28)32-13-5-8-16-38(32)44(40)30-20-23-42-36(26-30)33-14-6-9-17-41(33)45-42/h2,4-6,9-14,17-19,21-22,24-25,30,35,40H,1,3,7-8,15-16,20,23,26H2. The third kappa shape index (κ3) is 3.89. The third-order valence-corrected chi connectivity index (χ3v) is 11.2. The molecule has 5 aliphatic carbocycles. The zero-order valence-electron chi connectivity index (χ0n) is 25.7. The Labute approximate surface area is 264 Å². The molecule has 0 amide bonds. The molecule has 3 heterocycles. The van der Waals surface area contributed by atoms with E-state index in [4.69, 9.17) is 4.42 Å². The first-order valence-corrected chi connectivity index (χ1v) is 17.1. The number of nitrogens with zero attached hydrogens (tertiary/aromatic N) is 2. The highest BCUT2D eigenvalue weighted by molar-refractivity contribution is 5.97. The Morgan fingerprint density at radius 1 is 0.800 bits per heavy atom. The molecule has 10 rings (SSSR count). The number of rotatable bonds is 3. The Balaban J connectivity index is 1.02. The molecule has 1 aliphatic heterocycles. The Hall–Kier alpha value is -4.50. The molecule has 3 nitrogen and oxygen atoms in total. The van der Waals surface area contributed by atoms with Gasteiger partial charge in [0.15, 0.2) is 0 Å². The Kier molecular flexibility index (Phi) is 5.73. The van der Waals surface area contributed by atoms with Crippen LogP contribution in [-0.4, -0.2) is 21.6 Å². The zero-order chi connectivity index (χ0) is 29.5. The lowest BCUT2D eigenvalue weighted by Gasteiger charge is -2.40. The van der Waals surface area contributed by atoms with E-state index < -0.39 is 0 Å². The minimum Gasteiger partial charge on any atom is -0.461 e. The minimum atomic E-state index is 0.386. The van der Waals surface area contributed by atoms with E-state index in [0.717, 1.165) is 63.4 Å². The van der Waals surface area contributed by atoms with Crippen molar-refractivity contribution in [3.63, 3.8) is 0 Å². The first-order chi connectivity index (χ1) is 22.3. The Bertz CT molecular complexity index is 2120. The maximum Gasteiger partial charge on any atom is 0.134 e. The van der Waals surface area contributed by atoms with Gasteiger partial charge < -0.3 is 13.9 Å². The van der Waals surface area contributed by atoms with Gasteiger partial charge in [-0.2, -0.15) is 0 Å². The van der Waals surface area contributed by atoms with Crippen LogP contribution in [0.2, 0.25) is 0 Å². The lowest BCUT2D eigenvalue weighted by molar-refractivity contribution is 0.190. The zero-order valence-corrected chi connectivity index (χ0v) is 25.7. The first kappa shape index (κ1) is 25.8. The molecule has 0 spiro atoms. The molecule has 2 aromatic carbocycles. The number of hydrogen-bond acceptors (Lipinski definition) is 2. The lowest BCUT2D eigenvalue weighted by Crippen LogP contribution is -2.43. The largest absolute Gasteiger partial charge is 0.461 e. The van der Waals surface area contributed by atoms with Gasteiger partial charge in [0.05, 0.1) is 11.6 Å². The quantitative estimate of drug-likeness (QED) is 0.238. The van der Waals surface area contributed by atoms with Crippen LogP contribution in [0.5, 0.6) is 0 Å². The number of para-hydroxylation sites is 1. The second kappa shape index (κ2) is 10.0. The SMILES string of the molecule is C1=CC(n2c3c(c4cc(C5=CC6C7=C(CCC=C7)N(C7CCc8oc9ccccc9c8C7)C6C=C5)ccc42)C=CCC3)=CCC1. The van der Waals surface area contributed by atoms with Crippen molar-refractivity contribution in [2.24, 2.45) is 5.92 Å². The highest BCUT2D eigenvalue weighted by Gasteiger charge is 2.43. The van der Waals surface area contributed by atoms with Gasteiger partial charge >= 0.3 is 0 Å². The topological polar surface area (TPSA) is 21.3 Å². The van der Waals surface area contributed by atoms with Crippen LogP contribution in [0.1, 0.15) is 66.7 Å². The average Bonchev–Trinajstić information content (AvgIpc) is 3.75. The van der Waals surface area contributed by atoms with Crippen LogP contribution < -0.4 is 0 Å². The molecular weight excluding hydrogens is 548 g/mol. The molecule has 0 saturated carbocycles. The van der Waals surface area contributed by atoms with Crippen LogP contribution in [0.4, 0.5) is 0 Å². The van der Waals surface area contributed by atoms with Crippen LogP contribution >= 0.6 is 0 Å². The van der Waals surface area contributed by atoms with E-state index in [9.17, 15) is 0 Å². The molecule has 0 N–H and O–H groups in total. The summed E-state index contributed by atoms with van der Waals surface area (Å²) in [6.07, 6.45) is 34.2. The summed E-state index contributed by atoms with van der Waals surface area (Å²) in [6.45, 7) is 0. The van der Waals surface area contributed by atoms with E-state index in [1.807, 2.05) is 0 Å². The number of fused-ring (bicyclic) bond motifs is 8. The molecule has 2 aromatic heterocycles. The fraction of sp³-hybridized carbons (Fsp3) is 0.286. The van der Waals surface area contributed by atoms with E-state index in [2.05, 4.69) is 113 Å². The van der Waals surface area contributed by atoms with E-state index in [-0.39, 0.29) is 0 Å². The highest BCUT2D eigenvalue weighted by atomic mass is 16.3. The van der Waals surface area contributed by atoms with Gasteiger partial charge in [0.2, 0.25) is 0 Å². The Morgan fingerprint density at radius 3 is 2.67 bits per heavy atom. The summed E-state index contributed by atoms with van der Waals surface area (Å²) in [5.41, 5.74) is 13.8. The third-order valence-electron chi connectivity index (χ3n) is 11.2. The van der Waals surface area contributed by atoms with Crippen molar-refractivity contribution in [1.82, 2.24) is 9.47 Å². The average molecular weight is 587 g/mol. The van der Waals surface area contributed by atoms with Gasteiger partial charge in [0.1, 0.15) is 11.3 Å². The number of allylic oxidation sites excluding steroid dienone is 10. The van der Waals surface area contributed by atoms with Gasteiger partial charge in [-0.15, -0.1) is 0 Å². The summed E-state index contributed by atoms with van der Waals surface area (Å²) >= 11 is 0. The molecule has 0 fully saturated rings. The normalized spacial score (nSPS) is 25.0. The van der Waals surface area contributed by atoms with Crippen LogP contribution in [0, 0.1) is 5.92 Å². The predicted octanol–water partition coefficient (Wildman–Crippen LogP) is 9.95. The second-order valence-corrected chi connectivity index (χ2v) is 13.6. The molecule has 6 aliphatic rings. The van der Waals surface area contributed by atoms with Crippen molar-refractivity contribution >= 4 is 39.2 Å². The fourth-order valence-corrected chi connectivity index (χ4v) is 9.21. The molecule has 3 atom stereocenters. The molecular formula is C42H38N2O. The van der Waals surface area contributed by atoms with Crippen molar-refractivity contribution in [2.45, 2.75) is 69.9 Å². The van der Waals surface area contributed by atoms with Gasteiger partial charge in [0, 0.05) is 57.4 Å². The maximum absolute atomic E-state index is 6.30. The number of aryl methyl sites for hydroxylation is 1. The van der Waals surface area contributed by atoms with E-state index in [0.29, 0.717) is 18.0 Å². The lowest BCUT2D eigenvalue weighted by atomic mass is 9.83. The predicted molar refractivity (Wildman–Crippen MR) is 186 cm³/mol. The van der Waals surface area contributed by atoms with Crippen molar-refractivity contribution in [3.8, 4) is 0 Å². The van der Waals surface area contributed by atoms with Gasteiger partial charge in [0.25, 0.3) is 0 Å². The Morgan fingerprint density at radius 2 is 1.71 bits per heavy atom. The van der Waals surface area contributed by atoms with Crippen molar-refractivity contribution in [3.05, 3.63) is 137 Å². The van der Waals surface area contributed by atoms with Crippen LogP contribution in [-0.2, 0) is 19.3 Å². The van der Waals surface area contributed by atoms with E-state index in [1.54, 1.807) is 11.3 Å². The summed E-state index contributed by atoms with van der Waals surface area (Å²) in [6, 6.07) is 16.7. The van der Waals surface area contributed by atoms with E-state index in [1.165, 1.54) is 55.7 Å². The summed E-state index contributed by atoms with van der Waals surface area (Å²) in [7, 11) is 0.